The zero-order valence-corrected chi connectivity index (χ0v) is 13.4. The molecule has 7 heteroatoms. The molecule has 1 aliphatic heterocycles. The molecule has 1 saturated heterocycles. The summed E-state index contributed by atoms with van der Waals surface area (Å²) in [5.41, 5.74) is 7.07. The molecule has 1 heterocycles. The van der Waals surface area contributed by atoms with Crippen molar-refractivity contribution in [1.82, 2.24) is 4.31 Å². The Bertz CT molecular complexity index is 567. The van der Waals surface area contributed by atoms with E-state index in [0.29, 0.717) is 17.4 Å². The summed E-state index contributed by atoms with van der Waals surface area (Å²) in [5, 5.41) is 3.38. The minimum atomic E-state index is -3.51. The first-order valence-corrected chi connectivity index (χ1v) is 9.17. The summed E-state index contributed by atoms with van der Waals surface area (Å²) in [5.74, 6) is 2.26. The molecule has 0 saturated carbocycles. The number of nitrogens with one attached hydrogen (secondary N) is 1. The second-order valence-electron chi connectivity index (χ2n) is 5.04. The Hall–Kier alpha value is -0.920. The van der Waals surface area contributed by atoms with Crippen molar-refractivity contribution >= 4 is 33.2 Å². The first-order valence-electron chi connectivity index (χ1n) is 6.58. The average molecular weight is 315 g/mol. The lowest BCUT2D eigenvalue weighted by atomic mass is 10.1. The summed E-state index contributed by atoms with van der Waals surface area (Å²) >= 11 is 1.95. The number of para-hydroxylation sites is 1. The molecule has 0 aliphatic carbocycles. The number of sulfonamides is 1. The van der Waals surface area contributed by atoms with Crippen molar-refractivity contribution in [3.05, 3.63) is 18.2 Å². The summed E-state index contributed by atoms with van der Waals surface area (Å²) < 4.78 is 25.6. The highest BCUT2D eigenvalue weighted by Gasteiger charge is 2.22. The van der Waals surface area contributed by atoms with Crippen molar-refractivity contribution in [2.75, 3.05) is 36.7 Å². The maximum atomic E-state index is 12.2. The highest BCUT2D eigenvalue weighted by Crippen LogP contribution is 2.30. The summed E-state index contributed by atoms with van der Waals surface area (Å²) in [6.45, 7) is 0. The third-order valence-corrected chi connectivity index (χ3v) is 6.33. The number of anilines is 2. The maximum Gasteiger partial charge on any atom is 0.244 e. The average Bonchev–Trinajstić information content (AvgIpc) is 2.42. The van der Waals surface area contributed by atoms with E-state index in [1.165, 1.54) is 18.4 Å². The van der Waals surface area contributed by atoms with Crippen LogP contribution in [-0.2, 0) is 10.0 Å². The third kappa shape index (κ3) is 3.21. The first-order chi connectivity index (χ1) is 9.43. The van der Waals surface area contributed by atoms with Crippen LogP contribution in [0.1, 0.15) is 12.8 Å². The highest BCUT2D eigenvalue weighted by atomic mass is 32.2. The molecule has 112 valence electrons. The Balaban J connectivity index is 2.27. The van der Waals surface area contributed by atoms with E-state index in [9.17, 15) is 8.42 Å². The fourth-order valence-corrected chi connectivity index (χ4v) is 4.29. The van der Waals surface area contributed by atoms with Crippen LogP contribution in [0.2, 0.25) is 0 Å². The monoisotopic (exact) mass is 315 g/mol. The normalized spacial score (nSPS) is 17.4. The van der Waals surface area contributed by atoms with Crippen LogP contribution >= 0.6 is 11.8 Å². The number of nitrogen functional groups attached to an aromatic ring is 1. The van der Waals surface area contributed by atoms with Gasteiger partial charge in [0, 0.05) is 20.1 Å². The van der Waals surface area contributed by atoms with E-state index in [2.05, 4.69) is 5.32 Å². The van der Waals surface area contributed by atoms with E-state index in [1.807, 2.05) is 17.8 Å². The van der Waals surface area contributed by atoms with Gasteiger partial charge >= 0.3 is 0 Å². The van der Waals surface area contributed by atoms with Crippen LogP contribution < -0.4 is 11.1 Å². The predicted molar refractivity (Wildman–Crippen MR) is 85.7 cm³/mol. The largest absolute Gasteiger partial charge is 0.396 e. The maximum absolute atomic E-state index is 12.2. The second kappa shape index (κ2) is 6.24. The number of hydrogen-bond acceptors (Lipinski definition) is 5. The molecule has 2 rings (SSSR count). The lowest BCUT2D eigenvalue weighted by Gasteiger charge is -2.25. The van der Waals surface area contributed by atoms with Crippen LogP contribution in [-0.4, -0.2) is 44.4 Å². The Morgan fingerprint density at radius 1 is 1.30 bits per heavy atom. The summed E-state index contributed by atoms with van der Waals surface area (Å²) in [6.07, 6.45) is 2.16. The van der Waals surface area contributed by atoms with Crippen LogP contribution in [0.25, 0.3) is 0 Å². The van der Waals surface area contributed by atoms with Crippen molar-refractivity contribution in [3.63, 3.8) is 0 Å². The fraction of sp³-hybridized carbons (Fsp3) is 0.538. The Kier molecular flexibility index (Phi) is 4.82. The van der Waals surface area contributed by atoms with Gasteiger partial charge in [0.2, 0.25) is 10.0 Å². The van der Waals surface area contributed by atoms with Crippen LogP contribution in [0.5, 0.6) is 0 Å². The van der Waals surface area contributed by atoms with Crippen molar-refractivity contribution in [2.45, 2.75) is 23.8 Å². The minimum absolute atomic E-state index is 0.165. The molecule has 20 heavy (non-hydrogen) atoms. The molecule has 0 unspecified atom stereocenters. The summed E-state index contributed by atoms with van der Waals surface area (Å²) in [4.78, 5) is 0.165. The van der Waals surface area contributed by atoms with Gasteiger partial charge in [-0.1, -0.05) is 6.07 Å². The second-order valence-corrected chi connectivity index (χ2v) is 8.38. The zero-order chi connectivity index (χ0) is 14.8. The number of rotatable bonds is 4. The quantitative estimate of drug-likeness (QED) is 0.829. The zero-order valence-electron chi connectivity index (χ0n) is 11.8. The van der Waals surface area contributed by atoms with E-state index in [0.717, 1.165) is 24.3 Å². The standard InChI is InChI=1S/C13H21N3O2S2/c1-16(2)20(17,18)12-5-3-4-11(13(12)14)15-10-6-8-19-9-7-10/h3-5,10,15H,6-9,14H2,1-2H3. The molecule has 0 bridgehead atoms. The molecule has 1 aromatic rings. The summed E-state index contributed by atoms with van der Waals surface area (Å²) in [7, 11) is -0.492. The van der Waals surface area contributed by atoms with Gasteiger partial charge in [-0.3, -0.25) is 0 Å². The van der Waals surface area contributed by atoms with Gasteiger partial charge in [0.15, 0.2) is 0 Å². The van der Waals surface area contributed by atoms with Gasteiger partial charge in [-0.15, -0.1) is 0 Å². The van der Waals surface area contributed by atoms with Gasteiger partial charge in [0.1, 0.15) is 4.90 Å². The molecular weight excluding hydrogens is 294 g/mol. The number of nitrogens with zero attached hydrogens (tertiary/aromatic N) is 1. The molecule has 1 aliphatic rings. The molecule has 5 nitrogen and oxygen atoms in total. The van der Waals surface area contributed by atoms with E-state index < -0.39 is 10.0 Å². The smallest absolute Gasteiger partial charge is 0.244 e. The van der Waals surface area contributed by atoms with E-state index in [1.54, 1.807) is 12.1 Å². The molecular formula is C13H21N3O2S2. The van der Waals surface area contributed by atoms with Crippen molar-refractivity contribution in [1.29, 1.82) is 0 Å². The fourth-order valence-electron chi connectivity index (χ4n) is 2.15. The van der Waals surface area contributed by atoms with Gasteiger partial charge < -0.3 is 11.1 Å². The molecule has 0 radical (unpaired) electrons. The molecule has 1 aromatic carbocycles. The van der Waals surface area contributed by atoms with E-state index in [-0.39, 0.29) is 4.90 Å². The summed E-state index contributed by atoms with van der Waals surface area (Å²) in [6, 6.07) is 5.49. The highest BCUT2D eigenvalue weighted by molar-refractivity contribution is 7.99. The molecule has 1 fully saturated rings. The minimum Gasteiger partial charge on any atom is -0.396 e. The third-order valence-electron chi connectivity index (χ3n) is 3.41. The Morgan fingerprint density at radius 3 is 2.55 bits per heavy atom. The van der Waals surface area contributed by atoms with Gasteiger partial charge in [0.25, 0.3) is 0 Å². The van der Waals surface area contributed by atoms with E-state index >= 15 is 0 Å². The van der Waals surface area contributed by atoms with Crippen LogP contribution in [0.15, 0.2) is 23.1 Å². The Morgan fingerprint density at radius 2 is 1.95 bits per heavy atom. The lowest BCUT2D eigenvalue weighted by Crippen LogP contribution is -2.26. The molecule has 3 N–H and O–H groups in total. The molecule has 0 aromatic heterocycles. The number of benzene rings is 1. The molecule has 0 amide bonds. The van der Waals surface area contributed by atoms with E-state index in [4.69, 9.17) is 5.73 Å². The Labute approximate surface area is 125 Å². The first kappa shape index (κ1) is 15.5. The van der Waals surface area contributed by atoms with Gasteiger partial charge in [-0.2, -0.15) is 11.8 Å². The van der Waals surface area contributed by atoms with Crippen molar-refractivity contribution < 1.29 is 8.42 Å². The number of nitrogens with two attached hydrogens (primary N) is 1. The molecule has 0 atom stereocenters. The number of hydrogen-bond donors (Lipinski definition) is 2. The number of thioether (sulfide) groups is 1. The molecule has 0 spiro atoms. The SMILES string of the molecule is CN(C)S(=O)(=O)c1cccc(NC2CCSCC2)c1N. The van der Waals surface area contributed by atoms with Crippen molar-refractivity contribution in [2.24, 2.45) is 0 Å². The van der Waals surface area contributed by atoms with Gasteiger partial charge in [-0.05, 0) is 36.5 Å². The van der Waals surface area contributed by atoms with Crippen LogP contribution in [0.3, 0.4) is 0 Å². The van der Waals surface area contributed by atoms with Crippen molar-refractivity contribution in [3.8, 4) is 0 Å². The predicted octanol–water partition coefficient (Wildman–Crippen LogP) is 1.83. The van der Waals surface area contributed by atoms with Gasteiger partial charge in [0.05, 0.1) is 11.4 Å². The lowest BCUT2D eigenvalue weighted by molar-refractivity contribution is 0.521. The van der Waals surface area contributed by atoms with Crippen LogP contribution in [0, 0.1) is 0 Å². The topological polar surface area (TPSA) is 75.4 Å². The van der Waals surface area contributed by atoms with Gasteiger partial charge in [-0.25, -0.2) is 12.7 Å². The van der Waals surface area contributed by atoms with Crippen LogP contribution in [0.4, 0.5) is 11.4 Å².